The maximum Gasteiger partial charge on any atom is 0.125 e. The Morgan fingerprint density at radius 2 is 2.05 bits per heavy atom. The monoisotopic (exact) mass is 320 g/mol. The van der Waals surface area contributed by atoms with Gasteiger partial charge in [-0.15, -0.1) is 0 Å². The molecule has 1 N–H and O–H groups in total. The quantitative estimate of drug-likeness (QED) is 0.779. The number of hydrogen-bond donors (Lipinski definition) is 1. The van der Waals surface area contributed by atoms with E-state index in [1.807, 2.05) is 42.5 Å². The number of hydrogen-bond acceptors (Lipinski definition) is 3. The second-order valence-corrected chi connectivity index (χ2v) is 5.07. The Balaban J connectivity index is 1.58. The van der Waals surface area contributed by atoms with Gasteiger partial charge < -0.3 is 10.1 Å². The van der Waals surface area contributed by atoms with Crippen LogP contribution in [0.25, 0.3) is 0 Å². The summed E-state index contributed by atoms with van der Waals surface area (Å²) in [5, 5.41) is 3.28. The molecule has 0 unspecified atom stereocenters. The minimum Gasteiger partial charge on any atom is -0.494 e. The highest BCUT2D eigenvalue weighted by atomic mass is 79.9. The van der Waals surface area contributed by atoms with Crippen molar-refractivity contribution in [2.24, 2.45) is 0 Å². The first-order valence-corrected chi connectivity index (χ1v) is 7.17. The lowest BCUT2D eigenvalue weighted by Gasteiger charge is -2.07. The van der Waals surface area contributed by atoms with Crippen molar-refractivity contribution in [2.75, 3.05) is 18.5 Å². The SMILES string of the molecule is Brc1cccc(OCCCCNc2ccccn2)c1. The van der Waals surface area contributed by atoms with E-state index >= 15 is 0 Å². The van der Waals surface area contributed by atoms with E-state index in [9.17, 15) is 0 Å². The van der Waals surface area contributed by atoms with E-state index < -0.39 is 0 Å². The number of nitrogens with zero attached hydrogens (tertiary/aromatic N) is 1. The first-order valence-electron chi connectivity index (χ1n) is 6.38. The molecule has 0 aliphatic rings. The number of ether oxygens (including phenoxy) is 1. The predicted octanol–water partition coefficient (Wildman–Crippen LogP) is 4.12. The van der Waals surface area contributed by atoms with E-state index in [-0.39, 0.29) is 0 Å². The molecular weight excluding hydrogens is 304 g/mol. The van der Waals surface area contributed by atoms with Crippen LogP contribution < -0.4 is 10.1 Å². The van der Waals surface area contributed by atoms with Gasteiger partial charge in [0.15, 0.2) is 0 Å². The van der Waals surface area contributed by atoms with E-state index in [1.54, 1.807) is 6.20 Å². The molecule has 0 aliphatic carbocycles. The molecule has 0 bridgehead atoms. The van der Waals surface area contributed by atoms with Crippen molar-refractivity contribution in [3.05, 3.63) is 53.1 Å². The van der Waals surface area contributed by atoms with Crippen LogP contribution in [0.4, 0.5) is 5.82 Å². The summed E-state index contributed by atoms with van der Waals surface area (Å²) in [6.45, 7) is 1.65. The van der Waals surface area contributed by atoms with Crippen molar-refractivity contribution in [2.45, 2.75) is 12.8 Å². The highest BCUT2D eigenvalue weighted by Gasteiger charge is 1.95. The first-order chi connectivity index (χ1) is 9.34. The van der Waals surface area contributed by atoms with Crippen LogP contribution >= 0.6 is 15.9 Å². The largest absolute Gasteiger partial charge is 0.494 e. The molecule has 19 heavy (non-hydrogen) atoms. The average molecular weight is 321 g/mol. The van der Waals surface area contributed by atoms with Crippen molar-refractivity contribution < 1.29 is 4.74 Å². The fraction of sp³-hybridized carbons (Fsp3) is 0.267. The van der Waals surface area contributed by atoms with Gasteiger partial charge in [-0.25, -0.2) is 4.98 Å². The van der Waals surface area contributed by atoms with Crippen LogP contribution in [0.3, 0.4) is 0 Å². The molecule has 0 atom stereocenters. The third kappa shape index (κ3) is 5.30. The minimum atomic E-state index is 0.736. The number of anilines is 1. The summed E-state index contributed by atoms with van der Waals surface area (Å²) in [5.74, 6) is 1.84. The summed E-state index contributed by atoms with van der Waals surface area (Å²) in [5.41, 5.74) is 0. The summed E-state index contributed by atoms with van der Waals surface area (Å²) in [6.07, 6.45) is 3.87. The van der Waals surface area contributed by atoms with Gasteiger partial charge >= 0.3 is 0 Å². The van der Waals surface area contributed by atoms with Crippen molar-refractivity contribution in [1.82, 2.24) is 4.98 Å². The normalized spacial score (nSPS) is 10.2. The molecule has 1 heterocycles. The Bertz CT molecular complexity index is 491. The van der Waals surface area contributed by atoms with E-state index in [0.29, 0.717) is 0 Å². The average Bonchev–Trinajstić information content (AvgIpc) is 2.44. The van der Waals surface area contributed by atoms with Gasteiger partial charge in [-0.2, -0.15) is 0 Å². The van der Waals surface area contributed by atoms with Gasteiger partial charge in [-0.3, -0.25) is 0 Å². The lowest BCUT2D eigenvalue weighted by molar-refractivity contribution is 0.308. The molecule has 100 valence electrons. The summed E-state index contributed by atoms with van der Waals surface area (Å²) in [6, 6.07) is 13.8. The fourth-order valence-electron chi connectivity index (χ4n) is 1.66. The van der Waals surface area contributed by atoms with E-state index in [0.717, 1.165) is 42.0 Å². The Labute approximate surface area is 122 Å². The number of halogens is 1. The Hall–Kier alpha value is -1.55. The second-order valence-electron chi connectivity index (χ2n) is 4.15. The summed E-state index contributed by atoms with van der Waals surface area (Å²) in [4.78, 5) is 4.21. The number of unbranched alkanes of at least 4 members (excludes halogenated alkanes) is 1. The van der Waals surface area contributed by atoms with Gasteiger partial charge in [-0.05, 0) is 43.2 Å². The lowest BCUT2D eigenvalue weighted by atomic mass is 10.3. The van der Waals surface area contributed by atoms with Crippen molar-refractivity contribution in [3.8, 4) is 5.75 Å². The number of pyridine rings is 1. The molecule has 2 aromatic rings. The summed E-state index contributed by atoms with van der Waals surface area (Å²) < 4.78 is 6.71. The zero-order valence-electron chi connectivity index (χ0n) is 10.7. The van der Waals surface area contributed by atoms with Crippen molar-refractivity contribution in [1.29, 1.82) is 0 Å². The van der Waals surface area contributed by atoms with E-state index in [2.05, 4.69) is 26.2 Å². The van der Waals surface area contributed by atoms with Gasteiger partial charge in [0.05, 0.1) is 6.61 Å². The Morgan fingerprint density at radius 3 is 2.84 bits per heavy atom. The van der Waals surface area contributed by atoms with Crippen LogP contribution in [0.2, 0.25) is 0 Å². The number of nitrogens with one attached hydrogen (secondary N) is 1. The smallest absolute Gasteiger partial charge is 0.125 e. The van der Waals surface area contributed by atoms with E-state index in [1.165, 1.54) is 0 Å². The van der Waals surface area contributed by atoms with Gasteiger partial charge in [0, 0.05) is 17.2 Å². The lowest BCUT2D eigenvalue weighted by Crippen LogP contribution is -2.05. The molecule has 3 nitrogen and oxygen atoms in total. The maximum atomic E-state index is 5.67. The molecule has 1 aromatic carbocycles. The van der Waals surface area contributed by atoms with Crippen LogP contribution in [0.5, 0.6) is 5.75 Å². The van der Waals surface area contributed by atoms with Gasteiger partial charge in [0.1, 0.15) is 11.6 Å². The molecule has 2 rings (SSSR count). The third-order valence-corrected chi connectivity index (χ3v) is 3.10. The van der Waals surface area contributed by atoms with Crippen molar-refractivity contribution in [3.63, 3.8) is 0 Å². The van der Waals surface area contributed by atoms with Crippen LogP contribution in [0.15, 0.2) is 53.1 Å². The van der Waals surface area contributed by atoms with Crippen LogP contribution in [-0.2, 0) is 0 Å². The Kier molecular flexibility index (Phi) is 5.69. The van der Waals surface area contributed by atoms with Gasteiger partial charge in [-0.1, -0.05) is 28.1 Å². The molecule has 0 amide bonds. The van der Waals surface area contributed by atoms with E-state index in [4.69, 9.17) is 4.74 Å². The molecule has 0 aliphatic heterocycles. The molecule has 0 saturated heterocycles. The highest BCUT2D eigenvalue weighted by Crippen LogP contribution is 2.17. The number of aromatic nitrogens is 1. The predicted molar refractivity (Wildman–Crippen MR) is 81.6 cm³/mol. The standard InChI is InChI=1S/C15H17BrN2O/c16-13-6-5-7-14(12-13)19-11-4-3-10-18-15-8-1-2-9-17-15/h1-2,5-9,12H,3-4,10-11H2,(H,17,18). The zero-order chi connectivity index (χ0) is 13.3. The van der Waals surface area contributed by atoms with Gasteiger partial charge in [0.2, 0.25) is 0 Å². The summed E-state index contributed by atoms with van der Waals surface area (Å²) in [7, 11) is 0. The number of rotatable bonds is 7. The maximum absolute atomic E-state index is 5.67. The molecule has 0 fully saturated rings. The fourth-order valence-corrected chi connectivity index (χ4v) is 2.04. The first kappa shape index (κ1) is 13.9. The van der Waals surface area contributed by atoms with Crippen LogP contribution in [0.1, 0.15) is 12.8 Å². The summed E-state index contributed by atoms with van der Waals surface area (Å²) >= 11 is 3.42. The van der Waals surface area contributed by atoms with Crippen LogP contribution in [-0.4, -0.2) is 18.1 Å². The topological polar surface area (TPSA) is 34.1 Å². The third-order valence-electron chi connectivity index (χ3n) is 2.61. The Morgan fingerprint density at radius 1 is 1.11 bits per heavy atom. The molecule has 0 spiro atoms. The van der Waals surface area contributed by atoms with Crippen LogP contribution in [0, 0.1) is 0 Å². The molecule has 4 heteroatoms. The molecule has 1 aromatic heterocycles. The second kappa shape index (κ2) is 7.79. The van der Waals surface area contributed by atoms with Gasteiger partial charge in [0.25, 0.3) is 0 Å². The zero-order valence-corrected chi connectivity index (χ0v) is 12.3. The molecule has 0 saturated carbocycles. The molecule has 0 radical (unpaired) electrons. The highest BCUT2D eigenvalue weighted by molar-refractivity contribution is 9.10. The molecular formula is C15H17BrN2O. The minimum absolute atomic E-state index is 0.736. The number of benzene rings is 1. The van der Waals surface area contributed by atoms with Crippen molar-refractivity contribution >= 4 is 21.7 Å².